The van der Waals surface area contributed by atoms with E-state index in [-0.39, 0.29) is 11.9 Å². The summed E-state index contributed by atoms with van der Waals surface area (Å²) in [5.41, 5.74) is 6.09. The number of nitrogens with one attached hydrogen (secondary N) is 1. The maximum Gasteiger partial charge on any atom is 0.260 e. The van der Waals surface area contributed by atoms with Crippen LogP contribution in [0.25, 0.3) is 22.2 Å². The zero-order valence-electron chi connectivity index (χ0n) is 18.2. The molecule has 0 saturated heterocycles. The third-order valence-corrected chi connectivity index (χ3v) is 6.39. The number of aromatic nitrogens is 3. The quantitative estimate of drug-likeness (QED) is 0.417. The van der Waals surface area contributed by atoms with E-state index in [1.165, 1.54) is 10.9 Å². The summed E-state index contributed by atoms with van der Waals surface area (Å²) in [6, 6.07) is 23.5. The Hall–Kier alpha value is -4.19. The van der Waals surface area contributed by atoms with Crippen molar-refractivity contribution in [3.8, 4) is 11.3 Å². The van der Waals surface area contributed by atoms with Gasteiger partial charge in [-0.15, -0.1) is 0 Å². The number of pyridine rings is 1. The number of amides is 1. The second-order valence-electron chi connectivity index (χ2n) is 8.30. The zero-order chi connectivity index (χ0) is 22.4. The lowest BCUT2D eigenvalue weighted by molar-refractivity contribution is 0.0687. The van der Waals surface area contributed by atoms with Crippen LogP contribution >= 0.6 is 0 Å². The largest absolute Gasteiger partial charge is 0.360 e. The predicted octanol–water partition coefficient (Wildman–Crippen LogP) is 5.31. The molecule has 0 radical (unpaired) electrons. The molecule has 1 N–H and O–H groups in total. The molecule has 0 unspecified atom stereocenters. The molecule has 1 aliphatic heterocycles. The molecule has 4 heterocycles. The highest BCUT2D eigenvalue weighted by Crippen LogP contribution is 2.39. The number of benzene rings is 2. The van der Waals surface area contributed by atoms with Gasteiger partial charge < -0.3 is 14.4 Å². The molecule has 1 amide bonds. The van der Waals surface area contributed by atoms with Crippen LogP contribution in [-0.2, 0) is 6.42 Å². The number of aromatic amines is 1. The minimum absolute atomic E-state index is 0.104. The molecule has 33 heavy (non-hydrogen) atoms. The molecule has 6 nitrogen and oxygen atoms in total. The standard InChI is InChI=1S/C27H22N4O2/c1-17-23(24(30-33-17)18-9-3-2-4-10-18)27(32)31-16-14-20-19-11-5-6-12-21(19)29-25(20)26(31)22-13-7-8-15-28-22/h2-13,15,26,29H,14,16H2,1H3/t26-/m0/s1. The van der Waals surface area contributed by atoms with Gasteiger partial charge in [0.25, 0.3) is 5.91 Å². The van der Waals surface area contributed by atoms with Gasteiger partial charge in [-0.25, -0.2) is 0 Å². The van der Waals surface area contributed by atoms with Crippen LogP contribution in [0.4, 0.5) is 0 Å². The van der Waals surface area contributed by atoms with Crippen LogP contribution in [-0.4, -0.2) is 32.5 Å². The summed E-state index contributed by atoms with van der Waals surface area (Å²) in [5, 5.41) is 5.43. The number of fused-ring (bicyclic) bond motifs is 3. The van der Waals surface area contributed by atoms with E-state index in [0.717, 1.165) is 28.9 Å². The number of H-pyrrole nitrogens is 1. The Kier molecular flexibility index (Phi) is 4.57. The summed E-state index contributed by atoms with van der Waals surface area (Å²) in [5.74, 6) is 0.411. The van der Waals surface area contributed by atoms with Crippen molar-refractivity contribution in [2.45, 2.75) is 19.4 Å². The van der Waals surface area contributed by atoms with E-state index in [4.69, 9.17) is 4.52 Å². The minimum atomic E-state index is -0.326. The molecule has 0 spiro atoms. The number of nitrogens with zero attached hydrogens (tertiary/aromatic N) is 3. The van der Waals surface area contributed by atoms with Crippen LogP contribution in [0.3, 0.4) is 0 Å². The summed E-state index contributed by atoms with van der Waals surface area (Å²) in [4.78, 5) is 24.2. The van der Waals surface area contributed by atoms with E-state index in [1.807, 2.05) is 59.5 Å². The SMILES string of the molecule is Cc1onc(-c2ccccc2)c1C(=O)N1CCc2c([nH]c3ccccc23)[C@@H]1c1ccccn1. The normalized spacial score (nSPS) is 15.5. The molecule has 3 aromatic heterocycles. The molecule has 0 bridgehead atoms. The summed E-state index contributed by atoms with van der Waals surface area (Å²) in [6.45, 7) is 2.37. The van der Waals surface area contributed by atoms with Gasteiger partial charge in [0.05, 0.1) is 5.69 Å². The van der Waals surface area contributed by atoms with Gasteiger partial charge in [-0.05, 0) is 37.1 Å². The molecule has 1 aliphatic rings. The number of carbonyl (C=O) groups excluding carboxylic acids is 1. The van der Waals surface area contributed by atoms with Crippen molar-refractivity contribution in [3.63, 3.8) is 0 Å². The lowest BCUT2D eigenvalue weighted by Gasteiger charge is -2.35. The molecular weight excluding hydrogens is 412 g/mol. The maximum atomic E-state index is 14.1. The first-order valence-electron chi connectivity index (χ1n) is 11.1. The van der Waals surface area contributed by atoms with E-state index in [2.05, 4.69) is 33.3 Å². The van der Waals surface area contributed by atoms with Crippen molar-refractivity contribution in [2.75, 3.05) is 6.54 Å². The maximum absolute atomic E-state index is 14.1. The smallest absolute Gasteiger partial charge is 0.260 e. The zero-order valence-corrected chi connectivity index (χ0v) is 18.2. The summed E-state index contributed by atoms with van der Waals surface area (Å²) < 4.78 is 5.50. The Morgan fingerprint density at radius 1 is 1.03 bits per heavy atom. The third kappa shape index (κ3) is 3.14. The van der Waals surface area contributed by atoms with Crippen molar-refractivity contribution in [1.29, 1.82) is 0 Å². The van der Waals surface area contributed by atoms with E-state index < -0.39 is 0 Å². The van der Waals surface area contributed by atoms with Gasteiger partial charge in [0.15, 0.2) is 0 Å². The number of aryl methyl sites for hydroxylation is 1. The Morgan fingerprint density at radius 3 is 2.64 bits per heavy atom. The topological polar surface area (TPSA) is 75.0 Å². The second-order valence-corrected chi connectivity index (χ2v) is 8.30. The molecule has 6 heteroatoms. The van der Waals surface area contributed by atoms with Crippen LogP contribution in [0.2, 0.25) is 0 Å². The van der Waals surface area contributed by atoms with Gasteiger partial charge in [0.1, 0.15) is 23.1 Å². The second kappa shape index (κ2) is 7.74. The fraction of sp³-hybridized carbons (Fsp3) is 0.148. The Balaban J connectivity index is 1.50. The van der Waals surface area contributed by atoms with Gasteiger partial charge in [-0.2, -0.15) is 0 Å². The summed E-state index contributed by atoms with van der Waals surface area (Å²) >= 11 is 0. The van der Waals surface area contributed by atoms with Crippen molar-refractivity contribution >= 4 is 16.8 Å². The number of rotatable bonds is 3. The van der Waals surface area contributed by atoms with Crippen LogP contribution < -0.4 is 0 Å². The van der Waals surface area contributed by atoms with Crippen molar-refractivity contribution in [1.82, 2.24) is 20.0 Å². The lowest BCUT2D eigenvalue weighted by Crippen LogP contribution is -2.41. The monoisotopic (exact) mass is 434 g/mol. The average Bonchev–Trinajstić information content (AvgIpc) is 3.44. The van der Waals surface area contributed by atoms with Gasteiger partial charge in [0, 0.05) is 34.9 Å². The van der Waals surface area contributed by atoms with E-state index in [9.17, 15) is 4.79 Å². The van der Waals surface area contributed by atoms with Gasteiger partial charge in [-0.3, -0.25) is 9.78 Å². The molecule has 1 atom stereocenters. The first-order valence-corrected chi connectivity index (χ1v) is 11.1. The van der Waals surface area contributed by atoms with Crippen LogP contribution in [0.15, 0.2) is 83.5 Å². The van der Waals surface area contributed by atoms with Gasteiger partial charge in [0.2, 0.25) is 0 Å². The van der Waals surface area contributed by atoms with Crippen molar-refractivity contribution in [2.24, 2.45) is 0 Å². The van der Waals surface area contributed by atoms with Crippen LogP contribution in [0.1, 0.15) is 39.1 Å². The molecular formula is C27H22N4O2. The Morgan fingerprint density at radius 2 is 1.82 bits per heavy atom. The lowest BCUT2D eigenvalue weighted by atomic mass is 9.93. The number of hydrogen-bond donors (Lipinski definition) is 1. The Labute approximate surface area is 190 Å². The molecule has 2 aromatic carbocycles. The summed E-state index contributed by atoms with van der Waals surface area (Å²) in [6.07, 6.45) is 2.54. The van der Waals surface area contributed by atoms with Crippen molar-refractivity contribution < 1.29 is 9.32 Å². The number of carbonyl (C=O) groups is 1. The van der Waals surface area contributed by atoms with E-state index in [0.29, 0.717) is 23.6 Å². The van der Waals surface area contributed by atoms with E-state index in [1.54, 1.807) is 13.1 Å². The molecule has 0 aliphatic carbocycles. The molecule has 0 saturated carbocycles. The highest BCUT2D eigenvalue weighted by molar-refractivity contribution is 6.01. The first kappa shape index (κ1) is 19.5. The fourth-order valence-electron chi connectivity index (χ4n) is 4.87. The molecule has 5 aromatic rings. The minimum Gasteiger partial charge on any atom is -0.360 e. The van der Waals surface area contributed by atoms with Crippen molar-refractivity contribution in [3.05, 3.63) is 107 Å². The summed E-state index contributed by atoms with van der Waals surface area (Å²) in [7, 11) is 0. The highest BCUT2D eigenvalue weighted by Gasteiger charge is 2.38. The van der Waals surface area contributed by atoms with Gasteiger partial charge in [-0.1, -0.05) is 59.8 Å². The Bertz CT molecular complexity index is 1450. The average molecular weight is 434 g/mol. The fourth-order valence-corrected chi connectivity index (χ4v) is 4.87. The molecule has 162 valence electrons. The molecule has 0 fully saturated rings. The van der Waals surface area contributed by atoms with Crippen LogP contribution in [0, 0.1) is 6.92 Å². The van der Waals surface area contributed by atoms with Crippen LogP contribution in [0.5, 0.6) is 0 Å². The third-order valence-electron chi connectivity index (χ3n) is 6.39. The first-order chi connectivity index (χ1) is 16.2. The number of hydrogen-bond acceptors (Lipinski definition) is 4. The predicted molar refractivity (Wildman–Crippen MR) is 126 cm³/mol. The number of para-hydroxylation sites is 1. The van der Waals surface area contributed by atoms with E-state index >= 15 is 0 Å². The molecule has 6 rings (SSSR count). The highest BCUT2D eigenvalue weighted by atomic mass is 16.5. The van der Waals surface area contributed by atoms with Gasteiger partial charge >= 0.3 is 0 Å².